The van der Waals surface area contributed by atoms with E-state index >= 15 is 9.59 Å². The lowest BCUT2D eigenvalue weighted by Crippen LogP contribution is -2.65. The van der Waals surface area contributed by atoms with Crippen LogP contribution in [0.1, 0.15) is 160 Å². The number of nitrogens with zero attached hydrogens (tertiary/aromatic N) is 6. The largest absolute Gasteiger partial charge is 0.417 e. The van der Waals surface area contributed by atoms with Crippen LogP contribution < -0.4 is 26.6 Å². The van der Waals surface area contributed by atoms with Crippen molar-refractivity contribution >= 4 is 76.6 Å². The van der Waals surface area contributed by atoms with Crippen LogP contribution >= 0.6 is 11.6 Å². The van der Waals surface area contributed by atoms with Crippen LogP contribution in [0.4, 0.5) is 13.2 Å². The smallest absolute Gasteiger partial charge is 0.351 e. The maximum Gasteiger partial charge on any atom is 0.417 e. The van der Waals surface area contributed by atoms with E-state index in [0.717, 1.165) is 35.4 Å². The highest BCUT2D eigenvalue weighted by atomic mass is 35.5. The predicted molar refractivity (Wildman–Crippen MR) is 346 cm³/mol. The summed E-state index contributed by atoms with van der Waals surface area (Å²) in [6.07, 6.45) is 0.449. The maximum atomic E-state index is 15.2. The topological polar surface area (TPSA) is 267 Å². The number of alkyl halides is 3. The molecule has 5 fully saturated rings. The summed E-state index contributed by atoms with van der Waals surface area (Å²) in [7, 11) is 5.74. The number of rotatable bonds is 10. The molecule has 0 bridgehead atoms. The number of benzene rings is 2. The molecule has 0 aromatic heterocycles. The first kappa shape index (κ1) is 74.1. The maximum absolute atomic E-state index is 15.2. The third kappa shape index (κ3) is 17.8. The first-order valence-corrected chi connectivity index (χ1v) is 33.7. The van der Waals surface area contributed by atoms with Crippen LogP contribution in [0.3, 0.4) is 0 Å². The average Bonchev–Trinajstić information content (AvgIpc) is 1.29. The number of halogens is 4. The van der Waals surface area contributed by atoms with Crippen molar-refractivity contribution in [3.05, 3.63) is 69.7 Å². The Morgan fingerprint density at radius 2 is 1.27 bits per heavy atom. The van der Waals surface area contributed by atoms with Gasteiger partial charge in [0.05, 0.1) is 17.1 Å². The summed E-state index contributed by atoms with van der Waals surface area (Å²) in [5.74, 6) is -7.67. The molecule has 7 rings (SSSR count). The van der Waals surface area contributed by atoms with Crippen molar-refractivity contribution in [3.8, 4) is 0 Å². The number of carbonyl (C=O) groups is 11. The highest BCUT2D eigenvalue weighted by Gasteiger charge is 2.51. The second-order valence-corrected chi connectivity index (χ2v) is 27.8. The van der Waals surface area contributed by atoms with Crippen molar-refractivity contribution in [1.82, 2.24) is 56.0 Å². The van der Waals surface area contributed by atoms with Crippen LogP contribution in [0, 0.1) is 24.7 Å². The number of amides is 11. The van der Waals surface area contributed by atoms with E-state index in [1.165, 1.54) is 65.7 Å². The average molecular weight is 1340 g/mol. The number of hydrogen-bond donors (Lipinski definition) is 5. The van der Waals surface area contributed by atoms with Gasteiger partial charge in [0.25, 0.3) is 0 Å². The molecule has 0 radical (unpaired) electrons. The van der Waals surface area contributed by atoms with Crippen molar-refractivity contribution in [2.75, 3.05) is 47.8 Å². The van der Waals surface area contributed by atoms with Gasteiger partial charge in [0.15, 0.2) is 0 Å². The molecule has 5 N–H and O–H groups in total. The fourth-order valence-corrected chi connectivity index (χ4v) is 14.2. The molecular formula is C68H97ClF3N11O11. The van der Waals surface area contributed by atoms with Gasteiger partial charge < -0.3 is 56.0 Å². The third-order valence-corrected chi connectivity index (χ3v) is 20.2. The van der Waals surface area contributed by atoms with Crippen LogP contribution in [-0.4, -0.2) is 202 Å². The van der Waals surface area contributed by atoms with E-state index in [1.807, 2.05) is 39.8 Å². The van der Waals surface area contributed by atoms with E-state index in [-0.39, 0.29) is 82.7 Å². The molecule has 3 saturated heterocycles. The normalized spacial score (nSPS) is 27.4. The summed E-state index contributed by atoms with van der Waals surface area (Å²) in [5.41, 5.74) is -0.664. The third-order valence-electron chi connectivity index (χ3n) is 19.9. The standard InChI is InChI=1S/C68H97ClF3N11O11/c1-12-41(5)56-65(93)79(9)43(7)61(89)83-33-29-52(83)64(92)80(10)53(37-45-23-21-40(4)22-24-45)63(91)78(8)38-55(85)74-49(28-26-44-25-27-47(48(69)36-44)68(70,71)72)62(90)82-32-17-20-51(82)59(87)77-67(30-15-16-31-67)66(94)81(11)57(46-18-13-14-19-46)60(88)73-42(6)35-54(84)75-50(34-39(2)3)58(86)76-56/h21-25,27,36,39,41-43,46,49-53,56-57H,12-20,26,28-35,37-38H2,1-11H3,(H,73,88)(H,74,85)(H,75,84)(H,76,86)(H,77,87)/t41-,42+,43-,49-,50-,51-,52-,53-,56-,57-/m0/s1. The van der Waals surface area contributed by atoms with Gasteiger partial charge in [-0.2, -0.15) is 13.2 Å². The Hall–Kier alpha value is -7.31. The Morgan fingerprint density at radius 3 is 1.86 bits per heavy atom. The van der Waals surface area contributed by atoms with Crippen molar-refractivity contribution in [2.24, 2.45) is 17.8 Å². The molecule has 0 unspecified atom stereocenters. The predicted octanol–water partition coefficient (Wildman–Crippen LogP) is 5.47. The number of carbonyl (C=O) groups excluding carboxylic acids is 11. The van der Waals surface area contributed by atoms with Crippen LogP contribution in [0.25, 0.3) is 0 Å². The molecule has 5 aliphatic rings. The lowest BCUT2D eigenvalue weighted by atomic mass is 9.90. The van der Waals surface area contributed by atoms with E-state index in [2.05, 4.69) is 26.6 Å². The second kappa shape index (κ2) is 32.0. The molecule has 2 saturated carbocycles. The molecule has 10 atom stereocenters. The molecule has 11 amide bonds. The van der Waals surface area contributed by atoms with E-state index in [1.54, 1.807) is 26.0 Å². The Labute approximate surface area is 555 Å². The number of aryl methyl sites for hydroxylation is 2. The van der Waals surface area contributed by atoms with Gasteiger partial charge in [0.2, 0.25) is 65.0 Å². The molecule has 3 heterocycles. The SMILES string of the molecule is CC[C@H](C)[C@@H]1NC(=O)[C@H](CC(C)C)NC(=O)C[C@@H](C)NC(=O)[C@H](C2CCCC2)N(C)C(=O)C2(CCCC2)NC(=O)[C@@H]2CCCN2C(=O)[C@H](CCc2ccc(C(F)(F)F)c(Cl)c2)NC(=O)CN(C)C(=O)[C@H](Cc2ccc(C)cc2)N(C)C(=O)[C@@H]2CCN2C(=O)[C@H](C)N(C)C1=O. The van der Waals surface area contributed by atoms with Crippen LogP contribution in [0.15, 0.2) is 42.5 Å². The number of hydrogen-bond acceptors (Lipinski definition) is 11. The lowest BCUT2D eigenvalue weighted by Gasteiger charge is -2.45. The molecule has 2 aromatic rings. The summed E-state index contributed by atoms with van der Waals surface area (Å²) in [4.78, 5) is 169. The van der Waals surface area contributed by atoms with Crippen LogP contribution in [-0.2, 0) is 71.8 Å². The Bertz CT molecular complexity index is 3120. The molecular weight excluding hydrogens is 1240 g/mol. The van der Waals surface area contributed by atoms with Crippen molar-refractivity contribution in [1.29, 1.82) is 0 Å². The monoisotopic (exact) mass is 1340 g/mol. The molecule has 26 heteroatoms. The zero-order chi connectivity index (χ0) is 69.3. The van der Waals surface area contributed by atoms with E-state index in [0.29, 0.717) is 49.7 Å². The first-order chi connectivity index (χ1) is 44.3. The van der Waals surface area contributed by atoms with Crippen molar-refractivity contribution in [2.45, 2.75) is 224 Å². The minimum absolute atomic E-state index is 0.0278. The van der Waals surface area contributed by atoms with E-state index < -0.39 is 154 Å². The molecule has 22 nitrogen and oxygen atoms in total. The first-order valence-electron chi connectivity index (χ1n) is 33.4. The summed E-state index contributed by atoms with van der Waals surface area (Å²) in [6.45, 7) is 12.0. The zero-order valence-electron chi connectivity index (χ0n) is 56.3. The minimum atomic E-state index is -4.75. The second-order valence-electron chi connectivity index (χ2n) is 27.4. The fourth-order valence-electron chi connectivity index (χ4n) is 13.9. The number of fused-ring (bicyclic) bond motifs is 2. The van der Waals surface area contributed by atoms with E-state index in [4.69, 9.17) is 11.6 Å². The van der Waals surface area contributed by atoms with Gasteiger partial charge in [-0.15, -0.1) is 0 Å². The Balaban J connectivity index is 1.24. The highest BCUT2D eigenvalue weighted by Crippen LogP contribution is 2.38. The quantitative estimate of drug-likeness (QED) is 0.199. The Kier molecular flexibility index (Phi) is 25.2. The van der Waals surface area contributed by atoms with Crippen molar-refractivity contribution < 1.29 is 65.9 Å². The zero-order valence-corrected chi connectivity index (χ0v) is 57.1. The van der Waals surface area contributed by atoms with Crippen LogP contribution in [0.2, 0.25) is 5.02 Å². The summed E-state index contributed by atoms with van der Waals surface area (Å²) in [6, 6.07) is 0.322. The molecule has 94 heavy (non-hydrogen) atoms. The van der Waals surface area contributed by atoms with Crippen molar-refractivity contribution in [3.63, 3.8) is 0 Å². The van der Waals surface area contributed by atoms with Gasteiger partial charge in [-0.25, -0.2) is 0 Å². The number of nitrogens with one attached hydrogen (secondary N) is 5. The van der Waals surface area contributed by atoms with Gasteiger partial charge in [-0.1, -0.05) is 107 Å². The molecule has 3 aliphatic heterocycles. The molecule has 2 aromatic carbocycles. The summed E-state index contributed by atoms with van der Waals surface area (Å²) in [5, 5.41) is 13.9. The van der Waals surface area contributed by atoms with Crippen LogP contribution in [0.5, 0.6) is 0 Å². The molecule has 518 valence electrons. The van der Waals surface area contributed by atoms with E-state index in [9.17, 15) is 56.3 Å². The minimum Gasteiger partial charge on any atom is -0.351 e. The summed E-state index contributed by atoms with van der Waals surface area (Å²) >= 11 is 6.13. The van der Waals surface area contributed by atoms with Gasteiger partial charge in [-0.3, -0.25) is 52.7 Å². The van der Waals surface area contributed by atoms with Gasteiger partial charge >= 0.3 is 6.18 Å². The Morgan fingerprint density at radius 1 is 0.638 bits per heavy atom. The highest BCUT2D eigenvalue weighted by molar-refractivity contribution is 6.31. The van der Waals surface area contributed by atoms with Gasteiger partial charge in [0, 0.05) is 60.2 Å². The molecule has 2 aliphatic carbocycles. The summed E-state index contributed by atoms with van der Waals surface area (Å²) < 4.78 is 41.5. The van der Waals surface area contributed by atoms with Gasteiger partial charge in [-0.05, 0) is 126 Å². The fraction of sp³-hybridized carbons (Fsp3) is 0.662. The van der Waals surface area contributed by atoms with Gasteiger partial charge in [0.1, 0.15) is 53.9 Å². The number of likely N-dealkylation sites (N-methyl/N-ethyl adjacent to an activating group) is 4. The lowest BCUT2D eigenvalue weighted by molar-refractivity contribution is -0.160. The molecule has 1 spiro atoms.